The number of aromatic carboxylic acids is 1. The minimum Gasteiger partial charge on any atom is -0.477 e. The standard InChI is InChI=1S/C12H14N2O2/c1-14-10-5-3-2-4-8(10)9(6-7-13)11(14)12(15)16/h2-5H,6-7,13H2,1H3,(H,15,16). The number of aromatic nitrogens is 1. The number of para-hydroxylation sites is 1. The van der Waals surface area contributed by atoms with E-state index in [-0.39, 0.29) is 0 Å². The van der Waals surface area contributed by atoms with Crippen LogP contribution in [-0.4, -0.2) is 22.2 Å². The maximum atomic E-state index is 11.2. The van der Waals surface area contributed by atoms with Crippen molar-refractivity contribution >= 4 is 16.9 Å². The summed E-state index contributed by atoms with van der Waals surface area (Å²) in [5.74, 6) is -0.901. The van der Waals surface area contributed by atoms with Crippen LogP contribution in [0.2, 0.25) is 0 Å². The third-order valence-corrected chi connectivity index (χ3v) is 2.81. The zero-order valence-electron chi connectivity index (χ0n) is 9.10. The molecule has 1 aromatic carbocycles. The van der Waals surface area contributed by atoms with Crippen molar-refractivity contribution in [1.29, 1.82) is 0 Å². The molecule has 0 unspecified atom stereocenters. The molecule has 0 saturated carbocycles. The van der Waals surface area contributed by atoms with Gasteiger partial charge in [-0.2, -0.15) is 0 Å². The SMILES string of the molecule is Cn1c(C(=O)O)c(CCN)c2ccccc21. The number of carbonyl (C=O) groups is 1. The van der Waals surface area contributed by atoms with Gasteiger partial charge in [0.1, 0.15) is 5.69 Å². The molecular formula is C12H14N2O2. The van der Waals surface area contributed by atoms with Gasteiger partial charge in [-0.05, 0) is 24.6 Å². The minimum absolute atomic E-state index is 0.339. The molecule has 0 aliphatic rings. The van der Waals surface area contributed by atoms with E-state index >= 15 is 0 Å². The maximum Gasteiger partial charge on any atom is 0.352 e. The van der Waals surface area contributed by atoms with E-state index in [4.69, 9.17) is 5.73 Å². The maximum absolute atomic E-state index is 11.2. The number of nitrogens with two attached hydrogens (primary N) is 1. The number of carboxylic acid groups (broad SMARTS) is 1. The molecule has 3 N–H and O–H groups in total. The number of nitrogens with zero attached hydrogens (tertiary/aromatic N) is 1. The summed E-state index contributed by atoms with van der Waals surface area (Å²) in [6.45, 7) is 0.453. The van der Waals surface area contributed by atoms with Crippen LogP contribution in [0.1, 0.15) is 16.1 Å². The van der Waals surface area contributed by atoms with Gasteiger partial charge in [0.25, 0.3) is 0 Å². The van der Waals surface area contributed by atoms with Gasteiger partial charge in [-0.25, -0.2) is 4.79 Å². The summed E-state index contributed by atoms with van der Waals surface area (Å²) < 4.78 is 1.71. The van der Waals surface area contributed by atoms with E-state index in [1.807, 2.05) is 24.3 Å². The number of hydrogen-bond donors (Lipinski definition) is 2. The topological polar surface area (TPSA) is 68.2 Å². The summed E-state index contributed by atoms with van der Waals surface area (Å²) in [6.07, 6.45) is 0.586. The lowest BCUT2D eigenvalue weighted by Gasteiger charge is -2.01. The smallest absolute Gasteiger partial charge is 0.352 e. The summed E-state index contributed by atoms with van der Waals surface area (Å²) >= 11 is 0. The molecule has 4 heteroatoms. The molecule has 0 spiro atoms. The van der Waals surface area contributed by atoms with Crippen LogP contribution in [0.15, 0.2) is 24.3 Å². The van der Waals surface area contributed by atoms with Crippen molar-refractivity contribution in [2.24, 2.45) is 12.8 Å². The molecule has 2 rings (SSSR count). The third-order valence-electron chi connectivity index (χ3n) is 2.81. The van der Waals surface area contributed by atoms with E-state index in [0.717, 1.165) is 16.5 Å². The highest BCUT2D eigenvalue weighted by atomic mass is 16.4. The number of benzene rings is 1. The van der Waals surface area contributed by atoms with Crippen LogP contribution in [-0.2, 0) is 13.5 Å². The van der Waals surface area contributed by atoms with E-state index in [9.17, 15) is 9.90 Å². The van der Waals surface area contributed by atoms with E-state index in [1.54, 1.807) is 11.6 Å². The molecule has 0 aliphatic carbocycles. The number of aryl methyl sites for hydroxylation is 1. The first-order chi connectivity index (χ1) is 7.66. The van der Waals surface area contributed by atoms with Crippen LogP contribution in [0.4, 0.5) is 0 Å². The number of fused-ring (bicyclic) bond motifs is 1. The molecule has 0 amide bonds. The summed E-state index contributed by atoms with van der Waals surface area (Å²) in [6, 6.07) is 7.67. The van der Waals surface area contributed by atoms with Crippen LogP contribution < -0.4 is 5.73 Å². The molecule has 0 saturated heterocycles. The summed E-state index contributed by atoms with van der Waals surface area (Å²) in [7, 11) is 1.77. The molecule has 0 atom stereocenters. The zero-order valence-corrected chi connectivity index (χ0v) is 9.10. The van der Waals surface area contributed by atoms with Gasteiger partial charge in [0, 0.05) is 18.0 Å². The minimum atomic E-state index is -0.901. The predicted molar refractivity (Wildman–Crippen MR) is 62.6 cm³/mol. The van der Waals surface area contributed by atoms with Crippen molar-refractivity contribution in [3.05, 3.63) is 35.5 Å². The molecule has 0 aliphatic heterocycles. The van der Waals surface area contributed by atoms with Crippen molar-refractivity contribution in [2.45, 2.75) is 6.42 Å². The van der Waals surface area contributed by atoms with E-state index in [1.165, 1.54) is 0 Å². The van der Waals surface area contributed by atoms with Crippen LogP contribution in [0, 0.1) is 0 Å². The molecule has 0 bridgehead atoms. The van der Waals surface area contributed by atoms with Gasteiger partial charge >= 0.3 is 5.97 Å². The highest BCUT2D eigenvalue weighted by Crippen LogP contribution is 2.25. The predicted octanol–water partition coefficient (Wildman–Crippen LogP) is 1.38. The van der Waals surface area contributed by atoms with E-state index in [2.05, 4.69) is 0 Å². The fourth-order valence-corrected chi connectivity index (χ4v) is 2.14. The van der Waals surface area contributed by atoms with Gasteiger partial charge in [0.05, 0.1) is 0 Å². The zero-order chi connectivity index (χ0) is 11.7. The Hall–Kier alpha value is -1.81. The summed E-state index contributed by atoms with van der Waals surface area (Å²) in [5, 5.41) is 10.2. The molecule has 2 aromatic rings. The largest absolute Gasteiger partial charge is 0.477 e. The Morgan fingerprint density at radius 3 is 2.75 bits per heavy atom. The number of rotatable bonds is 3. The molecule has 84 valence electrons. The molecular weight excluding hydrogens is 204 g/mol. The first-order valence-corrected chi connectivity index (χ1v) is 5.16. The highest BCUT2D eigenvalue weighted by Gasteiger charge is 2.19. The molecule has 16 heavy (non-hydrogen) atoms. The van der Waals surface area contributed by atoms with Crippen LogP contribution in [0.3, 0.4) is 0 Å². The molecule has 1 aromatic heterocycles. The fourth-order valence-electron chi connectivity index (χ4n) is 2.14. The van der Waals surface area contributed by atoms with Crippen LogP contribution >= 0.6 is 0 Å². The Bertz CT molecular complexity index is 543. The monoisotopic (exact) mass is 218 g/mol. The Labute approximate surface area is 93.3 Å². The van der Waals surface area contributed by atoms with E-state index < -0.39 is 5.97 Å². The molecule has 4 nitrogen and oxygen atoms in total. The van der Waals surface area contributed by atoms with Crippen LogP contribution in [0.25, 0.3) is 10.9 Å². The normalized spacial score (nSPS) is 10.9. The third kappa shape index (κ3) is 1.47. The second-order valence-corrected chi connectivity index (χ2v) is 3.75. The van der Waals surface area contributed by atoms with Crippen molar-refractivity contribution in [3.8, 4) is 0 Å². The second-order valence-electron chi connectivity index (χ2n) is 3.75. The van der Waals surface area contributed by atoms with Gasteiger partial charge < -0.3 is 15.4 Å². The lowest BCUT2D eigenvalue weighted by Crippen LogP contribution is -2.10. The van der Waals surface area contributed by atoms with Crippen molar-refractivity contribution in [2.75, 3.05) is 6.54 Å². The lowest BCUT2D eigenvalue weighted by atomic mass is 10.1. The summed E-state index contributed by atoms with van der Waals surface area (Å²) in [4.78, 5) is 11.2. The molecule has 1 heterocycles. The Kier molecular flexibility index (Phi) is 2.66. The quantitative estimate of drug-likeness (QED) is 0.817. The first kappa shape index (κ1) is 10.7. The molecule has 0 fully saturated rings. The van der Waals surface area contributed by atoms with E-state index in [0.29, 0.717) is 18.7 Å². The second kappa shape index (κ2) is 3.98. The van der Waals surface area contributed by atoms with Gasteiger partial charge in [-0.3, -0.25) is 0 Å². The molecule has 0 radical (unpaired) electrons. The van der Waals surface area contributed by atoms with Gasteiger partial charge in [-0.15, -0.1) is 0 Å². The fraction of sp³-hybridized carbons (Fsp3) is 0.250. The van der Waals surface area contributed by atoms with Crippen molar-refractivity contribution in [1.82, 2.24) is 4.57 Å². The number of hydrogen-bond acceptors (Lipinski definition) is 2. The average Bonchev–Trinajstić information content (AvgIpc) is 2.54. The van der Waals surface area contributed by atoms with Gasteiger partial charge in [0.2, 0.25) is 0 Å². The van der Waals surface area contributed by atoms with Gasteiger partial charge in [-0.1, -0.05) is 18.2 Å². The van der Waals surface area contributed by atoms with Crippen LogP contribution in [0.5, 0.6) is 0 Å². The Morgan fingerprint density at radius 2 is 2.12 bits per heavy atom. The Balaban J connectivity index is 2.80. The first-order valence-electron chi connectivity index (χ1n) is 5.16. The summed E-state index contributed by atoms with van der Waals surface area (Å²) in [5.41, 5.74) is 7.63. The highest BCUT2D eigenvalue weighted by molar-refractivity contribution is 5.98. The lowest BCUT2D eigenvalue weighted by molar-refractivity contribution is 0.0686. The Morgan fingerprint density at radius 1 is 1.44 bits per heavy atom. The van der Waals surface area contributed by atoms with Crippen molar-refractivity contribution in [3.63, 3.8) is 0 Å². The average molecular weight is 218 g/mol. The van der Waals surface area contributed by atoms with Gasteiger partial charge in [0.15, 0.2) is 0 Å². The number of carboxylic acids is 1. The van der Waals surface area contributed by atoms with Crippen molar-refractivity contribution < 1.29 is 9.90 Å².